The summed E-state index contributed by atoms with van der Waals surface area (Å²) in [7, 11) is 0. The lowest BCUT2D eigenvalue weighted by Gasteiger charge is -2.31. The number of nitrogens with zero attached hydrogens (tertiary/aromatic N) is 1. The molecule has 0 spiro atoms. The molecule has 1 aromatic carbocycles. The third-order valence-electron chi connectivity index (χ3n) is 4.51. The van der Waals surface area contributed by atoms with Gasteiger partial charge in [-0.15, -0.1) is 11.3 Å². The molecule has 0 aliphatic carbocycles. The van der Waals surface area contributed by atoms with Crippen molar-refractivity contribution in [3.05, 3.63) is 58.3 Å². The Labute approximate surface area is 169 Å². The second-order valence-electron chi connectivity index (χ2n) is 6.57. The number of carbonyl (C=O) groups is 2. The van der Waals surface area contributed by atoms with Gasteiger partial charge in [0.05, 0.1) is 26.3 Å². The fourth-order valence-electron chi connectivity index (χ4n) is 3.03. The number of nitrogens with one attached hydrogen (secondary N) is 3. The molecular formula is C20H26N4O3S. The number of thiophene rings is 1. The summed E-state index contributed by atoms with van der Waals surface area (Å²) in [5, 5.41) is 10.3. The SMILES string of the molecule is O=C(CNC(CN1CCOCC1)c1ccccc1)NC(=O)NCc1cccs1. The van der Waals surface area contributed by atoms with Gasteiger partial charge in [0.25, 0.3) is 0 Å². The van der Waals surface area contributed by atoms with Crippen LogP contribution in [0.3, 0.4) is 0 Å². The van der Waals surface area contributed by atoms with Gasteiger partial charge in [-0.25, -0.2) is 4.79 Å². The molecule has 3 N–H and O–H groups in total. The number of hydrogen-bond donors (Lipinski definition) is 3. The first-order chi connectivity index (χ1) is 13.7. The van der Waals surface area contributed by atoms with Crippen LogP contribution in [0.5, 0.6) is 0 Å². The van der Waals surface area contributed by atoms with Gasteiger partial charge in [0.1, 0.15) is 0 Å². The van der Waals surface area contributed by atoms with Crippen LogP contribution in [0.15, 0.2) is 47.8 Å². The lowest BCUT2D eigenvalue weighted by molar-refractivity contribution is -0.119. The van der Waals surface area contributed by atoms with Gasteiger partial charge in [0, 0.05) is 30.6 Å². The second-order valence-corrected chi connectivity index (χ2v) is 7.60. The second kappa shape index (κ2) is 10.9. The van der Waals surface area contributed by atoms with Crippen LogP contribution in [0.25, 0.3) is 0 Å². The van der Waals surface area contributed by atoms with Crippen LogP contribution < -0.4 is 16.0 Å². The number of carbonyl (C=O) groups excluding carboxylic acids is 2. The molecule has 3 amide bonds. The highest BCUT2D eigenvalue weighted by molar-refractivity contribution is 7.09. The highest BCUT2D eigenvalue weighted by Gasteiger charge is 2.19. The number of benzene rings is 1. The Morgan fingerprint density at radius 3 is 2.61 bits per heavy atom. The maximum Gasteiger partial charge on any atom is 0.321 e. The summed E-state index contributed by atoms with van der Waals surface area (Å²) in [5.41, 5.74) is 1.11. The van der Waals surface area contributed by atoms with Crippen LogP contribution in [-0.4, -0.2) is 56.2 Å². The van der Waals surface area contributed by atoms with Crippen molar-refractivity contribution < 1.29 is 14.3 Å². The number of amides is 3. The molecule has 1 unspecified atom stereocenters. The Bertz CT molecular complexity index is 733. The molecule has 1 saturated heterocycles. The van der Waals surface area contributed by atoms with E-state index in [1.54, 1.807) is 11.3 Å². The molecule has 1 atom stereocenters. The van der Waals surface area contributed by atoms with Crippen molar-refractivity contribution in [3.63, 3.8) is 0 Å². The molecule has 1 aromatic heterocycles. The fourth-order valence-corrected chi connectivity index (χ4v) is 3.67. The van der Waals surface area contributed by atoms with Crippen LogP contribution in [0.2, 0.25) is 0 Å². The molecule has 150 valence electrons. The van der Waals surface area contributed by atoms with E-state index in [-0.39, 0.29) is 18.5 Å². The van der Waals surface area contributed by atoms with Crippen molar-refractivity contribution in [2.24, 2.45) is 0 Å². The lowest BCUT2D eigenvalue weighted by atomic mass is 10.1. The van der Waals surface area contributed by atoms with Gasteiger partial charge in [-0.3, -0.25) is 15.0 Å². The highest BCUT2D eigenvalue weighted by Crippen LogP contribution is 2.15. The van der Waals surface area contributed by atoms with Crippen molar-refractivity contribution in [2.75, 3.05) is 39.4 Å². The average molecular weight is 403 g/mol. The molecule has 2 heterocycles. The molecule has 1 fully saturated rings. The Balaban J connectivity index is 1.47. The van der Waals surface area contributed by atoms with Crippen LogP contribution in [0.1, 0.15) is 16.5 Å². The summed E-state index contributed by atoms with van der Waals surface area (Å²) in [4.78, 5) is 27.4. The van der Waals surface area contributed by atoms with Gasteiger partial charge in [0.15, 0.2) is 0 Å². The zero-order valence-corrected chi connectivity index (χ0v) is 16.5. The fraction of sp³-hybridized carbons (Fsp3) is 0.400. The van der Waals surface area contributed by atoms with Crippen molar-refractivity contribution in [1.82, 2.24) is 20.9 Å². The number of ether oxygens (including phenoxy) is 1. The van der Waals surface area contributed by atoms with E-state index < -0.39 is 6.03 Å². The van der Waals surface area contributed by atoms with Crippen LogP contribution in [0.4, 0.5) is 4.79 Å². The third-order valence-corrected chi connectivity index (χ3v) is 5.39. The van der Waals surface area contributed by atoms with Crippen molar-refractivity contribution in [1.29, 1.82) is 0 Å². The molecule has 0 radical (unpaired) electrons. The molecule has 2 aromatic rings. The summed E-state index contributed by atoms with van der Waals surface area (Å²) in [5.74, 6) is -0.355. The number of rotatable bonds is 8. The van der Waals surface area contributed by atoms with E-state index >= 15 is 0 Å². The largest absolute Gasteiger partial charge is 0.379 e. The molecule has 8 heteroatoms. The molecule has 1 aliphatic heterocycles. The van der Waals surface area contributed by atoms with Gasteiger partial charge in [-0.05, 0) is 17.0 Å². The van der Waals surface area contributed by atoms with E-state index in [0.29, 0.717) is 6.54 Å². The van der Waals surface area contributed by atoms with E-state index in [2.05, 4.69) is 20.9 Å². The van der Waals surface area contributed by atoms with E-state index in [4.69, 9.17) is 4.74 Å². The summed E-state index contributed by atoms with van der Waals surface area (Å²) in [6, 6.07) is 13.4. The highest BCUT2D eigenvalue weighted by atomic mass is 32.1. The predicted molar refractivity (Wildman–Crippen MR) is 109 cm³/mol. The first kappa shape index (κ1) is 20.5. The monoisotopic (exact) mass is 402 g/mol. The quantitative estimate of drug-likeness (QED) is 0.627. The minimum absolute atomic E-state index is 0.000713. The summed E-state index contributed by atoms with van der Waals surface area (Å²) in [6.07, 6.45) is 0. The zero-order chi connectivity index (χ0) is 19.6. The number of morpholine rings is 1. The maximum absolute atomic E-state index is 12.2. The molecule has 7 nitrogen and oxygen atoms in total. The van der Waals surface area contributed by atoms with E-state index in [1.807, 2.05) is 47.8 Å². The first-order valence-electron chi connectivity index (χ1n) is 9.39. The van der Waals surface area contributed by atoms with Gasteiger partial charge in [-0.1, -0.05) is 36.4 Å². The summed E-state index contributed by atoms with van der Waals surface area (Å²) in [6.45, 7) is 4.47. The molecule has 28 heavy (non-hydrogen) atoms. The lowest BCUT2D eigenvalue weighted by Crippen LogP contribution is -2.46. The Morgan fingerprint density at radius 2 is 1.89 bits per heavy atom. The van der Waals surface area contributed by atoms with E-state index in [0.717, 1.165) is 43.3 Å². The number of imide groups is 1. The normalized spacial score (nSPS) is 15.7. The Kier molecular flexibility index (Phi) is 7.98. The zero-order valence-electron chi connectivity index (χ0n) is 15.7. The number of urea groups is 1. The number of hydrogen-bond acceptors (Lipinski definition) is 6. The average Bonchev–Trinajstić information content (AvgIpc) is 3.25. The predicted octanol–water partition coefficient (Wildman–Crippen LogP) is 1.74. The van der Waals surface area contributed by atoms with Crippen molar-refractivity contribution in [2.45, 2.75) is 12.6 Å². The summed E-state index contributed by atoms with van der Waals surface area (Å²) < 4.78 is 5.41. The van der Waals surface area contributed by atoms with E-state index in [9.17, 15) is 9.59 Å². The van der Waals surface area contributed by atoms with Gasteiger partial charge in [0.2, 0.25) is 5.91 Å². The molecule has 1 aliphatic rings. The minimum atomic E-state index is -0.482. The van der Waals surface area contributed by atoms with Gasteiger partial charge >= 0.3 is 6.03 Å². The topological polar surface area (TPSA) is 82.7 Å². The molecule has 0 saturated carbocycles. The smallest absolute Gasteiger partial charge is 0.321 e. The third kappa shape index (κ3) is 6.72. The molecular weight excluding hydrogens is 376 g/mol. The first-order valence-corrected chi connectivity index (χ1v) is 10.3. The molecule has 0 bridgehead atoms. The summed E-state index contributed by atoms with van der Waals surface area (Å²) >= 11 is 1.56. The van der Waals surface area contributed by atoms with Gasteiger partial charge in [-0.2, -0.15) is 0 Å². The molecule has 3 rings (SSSR count). The Morgan fingerprint density at radius 1 is 1.11 bits per heavy atom. The van der Waals surface area contributed by atoms with Crippen LogP contribution in [-0.2, 0) is 16.1 Å². The van der Waals surface area contributed by atoms with Crippen molar-refractivity contribution in [3.8, 4) is 0 Å². The Hall–Kier alpha value is -2.26. The standard InChI is InChI=1S/C20H26N4O3S/c25-19(23-20(26)22-13-17-7-4-12-28-17)14-21-18(16-5-2-1-3-6-16)15-24-8-10-27-11-9-24/h1-7,12,18,21H,8-11,13-15H2,(H2,22,23,25,26). The van der Waals surface area contributed by atoms with E-state index in [1.165, 1.54) is 0 Å². The van der Waals surface area contributed by atoms with Gasteiger partial charge < -0.3 is 15.4 Å². The maximum atomic E-state index is 12.2. The van der Waals surface area contributed by atoms with Crippen molar-refractivity contribution >= 4 is 23.3 Å². The van der Waals surface area contributed by atoms with Crippen LogP contribution >= 0.6 is 11.3 Å². The van der Waals surface area contributed by atoms with Crippen LogP contribution in [0, 0.1) is 0 Å². The minimum Gasteiger partial charge on any atom is -0.379 e.